The van der Waals surface area contributed by atoms with E-state index < -0.39 is 11.8 Å². The number of carbonyl (C=O) groups is 1. The number of ketones is 1. The van der Waals surface area contributed by atoms with Gasteiger partial charge in [0.25, 0.3) is 0 Å². The molecule has 0 bridgehead atoms. The molecule has 0 radical (unpaired) electrons. The van der Waals surface area contributed by atoms with Gasteiger partial charge >= 0.3 is 0 Å². The van der Waals surface area contributed by atoms with Crippen molar-refractivity contribution in [2.24, 2.45) is 0 Å². The lowest BCUT2D eigenvalue weighted by atomic mass is 9.73. The number of para-hydroxylation sites is 2. The van der Waals surface area contributed by atoms with Crippen molar-refractivity contribution in [1.29, 1.82) is 0 Å². The van der Waals surface area contributed by atoms with Crippen LogP contribution in [0, 0.1) is 0 Å². The Morgan fingerprint density at radius 1 is 0.519 bits per heavy atom. The number of benzene rings is 4. The highest BCUT2D eigenvalue weighted by atomic mass is 16.1. The largest absolute Gasteiger partial charge is 0.361 e. The van der Waals surface area contributed by atoms with Crippen LogP contribution in [0.15, 0.2) is 171 Å². The first-order chi connectivity index (χ1) is 25.7. The normalized spacial score (nSPS) is 13.8. The fourth-order valence-electron chi connectivity index (χ4n) is 7.53. The molecule has 4 N–H and O–H groups in total. The van der Waals surface area contributed by atoms with Crippen LogP contribution >= 0.6 is 0 Å². The molecular formula is C45H40N6O. The van der Waals surface area contributed by atoms with Gasteiger partial charge in [-0.1, -0.05) is 109 Å². The highest BCUT2D eigenvalue weighted by Crippen LogP contribution is 2.45. The molecule has 4 atom stereocenters. The van der Waals surface area contributed by atoms with Crippen molar-refractivity contribution < 1.29 is 4.79 Å². The number of nitrogens with zero attached hydrogens (tertiary/aromatic N) is 2. The fraction of sp³-hybridized carbons (Fsp3) is 0.133. The number of rotatable bonds is 14. The number of hydrogen-bond donors (Lipinski definition) is 4. The molecule has 0 spiro atoms. The molecule has 256 valence electrons. The Morgan fingerprint density at radius 2 is 0.942 bits per heavy atom. The van der Waals surface area contributed by atoms with Crippen LogP contribution < -0.4 is 10.6 Å². The Morgan fingerprint density at radius 3 is 1.37 bits per heavy atom. The first-order valence-corrected chi connectivity index (χ1v) is 17.7. The molecule has 0 saturated carbocycles. The van der Waals surface area contributed by atoms with Crippen LogP contribution in [-0.2, 0) is 17.9 Å². The van der Waals surface area contributed by atoms with Crippen molar-refractivity contribution in [3.8, 4) is 0 Å². The van der Waals surface area contributed by atoms with Gasteiger partial charge in [-0.05, 0) is 57.6 Å². The molecule has 0 amide bonds. The monoisotopic (exact) mass is 680 g/mol. The Hall–Kier alpha value is -6.15. The molecule has 8 aromatic rings. The average molecular weight is 681 g/mol. The lowest BCUT2D eigenvalue weighted by Gasteiger charge is -2.34. The van der Waals surface area contributed by atoms with E-state index in [9.17, 15) is 0 Å². The molecular weight excluding hydrogens is 641 g/mol. The Bertz CT molecular complexity index is 2190. The maximum Gasteiger partial charge on any atom is 0.151 e. The summed E-state index contributed by atoms with van der Waals surface area (Å²) >= 11 is 0. The molecule has 0 aliphatic heterocycles. The predicted octanol–water partition coefficient (Wildman–Crippen LogP) is 8.94. The maximum absolute atomic E-state index is 16.2. The van der Waals surface area contributed by atoms with E-state index in [0.717, 1.165) is 55.2 Å². The second kappa shape index (κ2) is 15.4. The number of pyridine rings is 2. The minimum Gasteiger partial charge on any atom is -0.361 e. The van der Waals surface area contributed by atoms with E-state index in [0.29, 0.717) is 13.1 Å². The standard InChI is InChI=1S/C45H40N6O/c52-45(41(37-29-48-39-21-9-7-19-35(37)39)43(33-15-3-1-4-16-33)50-27-31-13-11-23-46-25-31)42(38-30-49-40-22-10-8-20-36(38)40)44(34-17-5-2-6-18-34)51-28-32-14-12-24-47-26-32/h1-26,29-30,41-44,48-51H,27-28H2. The molecule has 4 aromatic carbocycles. The van der Waals surface area contributed by atoms with E-state index in [1.54, 1.807) is 12.4 Å². The number of aromatic nitrogens is 4. The Labute approximate surface area is 303 Å². The number of Topliss-reactive ketones (excluding diaryl/α,β-unsaturated/α-hetero) is 1. The lowest BCUT2D eigenvalue weighted by molar-refractivity contribution is -0.123. The van der Waals surface area contributed by atoms with E-state index in [1.807, 2.05) is 97.6 Å². The molecule has 0 aliphatic carbocycles. The first-order valence-electron chi connectivity index (χ1n) is 17.7. The SMILES string of the molecule is O=C(C(c1c[nH]c2ccccc12)C(NCc1cccnc1)c1ccccc1)C(c1c[nH]c2ccccc12)C(NCc1cccnc1)c1ccccc1. The number of carbonyl (C=O) groups excluding carboxylic acids is 1. The number of fused-ring (bicyclic) bond motifs is 2. The number of aromatic amines is 2. The van der Waals surface area contributed by atoms with E-state index in [4.69, 9.17) is 0 Å². The minimum absolute atomic E-state index is 0.106. The van der Waals surface area contributed by atoms with Crippen molar-refractivity contribution in [2.45, 2.75) is 37.0 Å². The zero-order valence-electron chi connectivity index (χ0n) is 28.7. The minimum atomic E-state index is -0.583. The van der Waals surface area contributed by atoms with Crippen LogP contribution in [0.3, 0.4) is 0 Å². The highest BCUT2D eigenvalue weighted by Gasteiger charge is 2.42. The zero-order valence-corrected chi connectivity index (χ0v) is 28.7. The van der Waals surface area contributed by atoms with Crippen LogP contribution in [0.2, 0.25) is 0 Å². The van der Waals surface area contributed by atoms with Gasteiger partial charge in [0.1, 0.15) is 0 Å². The van der Waals surface area contributed by atoms with E-state index in [2.05, 4.69) is 91.2 Å². The summed E-state index contributed by atoms with van der Waals surface area (Å²) in [5.74, 6) is -1.06. The summed E-state index contributed by atoms with van der Waals surface area (Å²) in [7, 11) is 0. The third kappa shape index (κ3) is 6.92. The van der Waals surface area contributed by atoms with Gasteiger partial charge in [-0.3, -0.25) is 14.8 Å². The van der Waals surface area contributed by atoms with Crippen LogP contribution in [0.5, 0.6) is 0 Å². The first kappa shape index (κ1) is 33.0. The second-order valence-corrected chi connectivity index (χ2v) is 13.2. The van der Waals surface area contributed by atoms with Crippen LogP contribution in [-0.4, -0.2) is 25.7 Å². The number of H-pyrrole nitrogens is 2. The van der Waals surface area contributed by atoms with Gasteiger partial charge in [0.15, 0.2) is 5.78 Å². The molecule has 4 heterocycles. The van der Waals surface area contributed by atoms with Crippen molar-refractivity contribution in [1.82, 2.24) is 30.6 Å². The smallest absolute Gasteiger partial charge is 0.151 e. The van der Waals surface area contributed by atoms with Crippen molar-refractivity contribution in [3.05, 3.63) is 204 Å². The van der Waals surface area contributed by atoms with Gasteiger partial charge in [0.05, 0.1) is 11.8 Å². The molecule has 52 heavy (non-hydrogen) atoms. The summed E-state index contributed by atoms with van der Waals surface area (Å²) in [6.07, 6.45) is 11.4. The predicted molar refractivity (Wildman–Crippen MR) is 208 cm³/mol. The molecule has 0 saturated heterocycles. The fourth-order valence-corrected chi connectivity index (χ4v) is 7.53. The van der Waals surface area contributed by atoms with Gasteiger partial charge in [0.2, 0.25) is 0 Å². The summed E-state index contributed by atoms with van der Waals surface area (Å²) in [6.45, 7) is 1.08. The summed E-state index contributed by atoms with van der Waals surface area (Å²) in [4.78, 5) is 32.0. The summed E-state index contributed by atoms with van der Waals surface area (Å²) < 4.78 is 0. The van der Waals surface area contributed by atoms with E-state index in [1.165, 1.54) is 0 Å². The molecule has 8 rings (SSSR count). The Kier molecular flexibility index (Phi) is 9.77. The van der Waals surface area contributed by atoms with Crippen molar-refractivity contribution in [2.75, 3.05) is 0 Å². The summed E-state index contributed by atoms with van der Waals surface area (Å²) in [6, 6.07) is 44.5. The van der Waals surface area contributed by atoms with Gasteiger partial charge < -0.3 is 20.6 Å². The van der Waals surface area contributed by atoms with E-state index in [-0.39, 0.29) is 17.9 Å². The molecule has 4 aromatic heterocycles. The molecule has 7 heteroatoms. The second-order valence-electron chi connectivity index (χ2n) is 13.2. The number of nitrogens with one attached hydrogen (secondary N) is 4. The number of hydrogen-bond acceptors (Lipinski definition) is 5. The third-order valence-electron chi connectivity index (χ3n) is 10.0. The zero-order chi connectivity index (χ0) is 35.1. The van der Waals surface area contributed by atoms with Gasteiger partial charge in [-0.25, -0.2) is 0 Å². The maximum atomic E-state index is 16.2. The van der Waals surface area contributed by atoms with Crippen molar-refractivity contribution in [3.63, 3.8) is 0 Å². The van der Waals surface area contributed by atoms with Gasteiger partial charge in [-0.2, -0.15) is 0 Å². The lowest BCUT2D eigenvalue weighted by Crippen LogP contribution is -2.38. The molecule has 7 nitrogen and oxygen atoms in total. The van der Waals surface area contributed by atoms with E-state index >= 15 is 4.79 Å². The summed E-state index contributed by atoms with van der Waals surface area (Å²) in [5, 5.41) is 9.76. The van der Waals surface area contributed by atoms with Crippen LogP contribution in [0.25, 0.3) is 21.8 Å². The average Bonchev–Trinajstić information content (AvgIpc) is 3.84. The quantitative estimate of drug-likeness (QED) is 0.0920. The van der Waals surface area contributed by atoms with Crippen LogP contribution in [0.4, 0.5) is 0 Å². The highest BCUT2D eigenvalue weighted by molar-refractivity contribution is 6.00. The Balaban J connectivity index is 1.33. The topological polar surface area (TPSA) is 98.5 Å². The van der Waals surface area contributed by atoms with Gasteiger partial charge in [0, 0.05) is 84.2 Å². The molecule has 0 aliphatic rings. The molecule has 0 fully saturated rings. The van der Waals surface area contributed by atoms with Gasteiger partial charge in [-0.15, -0.1) is 0 Å². The van der Waals surface area contributed by atoms with Crippen molar-refractivity contribution >= 4 is 27.6 Å². The summed E-state index contributed by atoms with van der Waals surface area (Å²) in [5.41, 5.74) is 8.05. The molecule has 4 unspecified atom stereocenters. The third-order valence-corrected chi connectivity index (χ3v) is 10.0. The van der Waals surface area contributed by atoms with Crippen LogP contribution in [0.1, 0.15) is 57.3 Å².